The van der Waals surface area contributed by atoms with Crippen LogP contribution in [-0.4, -0.2) is 19.7 Å². The van der Waals surface area contributed by atoms with Crippen LogP contribution in [-0.2, 0) is 6.54 Å². The Kier molecular flexibility index (Phi) is 4.10. The van der Waals surface area contributed by atoms with Crippen LogP contribution >= 0.6 is 0 Å². The zero-order chi connectivity index (χ0) is 20.8. The van der Waals surface area contributed by atoms with E-state index < -0.39 is 17.4 Å². The maximum Gasteiger partial charge on any atom is 0.275 e. The highest BCUT2D eigenvalue weighted by atomic mass is 19.1. The fraction of sp³-hybridized carbons (Fsp3) is 0.0435. The molecule has 0 radical (unpaired) electrons. The predicted octanol–water partition coefficient (Wildman–Crippen LogP) is 4.14. The summed E-state index contributed by atoms with van der Waals surface area (Å²) in [4.78, 5) is 28.5. The van der Waals surface area contributed by atoms with E-state index in [-0.39, 0.29) is 22.2 Å². The van der Waals surface area contributed by atoms with E-state index in [0.29, 0.717) is 18.0 Å². The third-order valence-corrected chi connectivity index (χ3v) is 5.15. The van der Waals surface area contributed by atoms with Crippen molar-refractivity contribution in [3.8, 4) is 0 Å². The molecule has 1 N–H and O–H groups in total. The lowest BCUT2D eigenvalue weighted by Gasteiger charge is -2.05. The van der Waals surface area contributed by atoms with E-state index in [0.717, 1.165) is 23.2 Å². The van der Waals surface area contributed by atoms with Gasteiger partial charge in [0.15, 0.2) is 5.78 Å². The summed E-state index contributed by atoms with van der Waals surface area (Å²) >= 11 is 0. The Morgan fingerprint density at radius 3 is 2.67 bits per heavy atom. The van der Waals surface area contributed by atoms with E-state index in [1.54, 1.807) is 16.8 Å². The molecule has 0 saturated carbocycles. The molecular weight excluding hydrogens is 388 g/mol. The summed E-state index contributed by atoms with van der Waals surface area (Å²) in [6.45, 7) is 0.366. The Morgan fingerprint density at radius 2 is 1.87 bits per heavy atom. The van der Waals surface area contributed by atoms with Gasteiger partial charge in [-0.15, -0.1) is 0 Å². The Morgan fingerprint density at radius 1 is 1.00 bits per heavy atom. The highest BCUT2D eigenvalue weighted by molar-refractivity contribution is 6.16. The molecule has 0 spiro atoms. The van der Waals surface area contributed by atoms with Gasteiger partial charge in [0.25, 0.3) is 5.56 Å². The number of halogens is 2. The first-order chi connectivity index (χ1) is 14.5. The van der Waals surface area contributed by atoms with Crippen molar-refractivity contribution in [1.82, 2.24) is 14.0 Å². The van der Waals surface area contributed by atoms with Crippen molar-refractivity contribution in [2.75, 3.05) is 0 Å². The number of hydrogen-bond donors (Lipinski definition) is 1. The van der Waals surface area contributed by atoms with Crippen LogP contribution in [0.4, 0.5) is 8.78 Å². The van der Waals surface area contributed by atoms with Crippen LogP contribution in [0.25, 0.3) is 16.4 Å². The molecule has 148 valence electrons. The zero-order valence-corrected chi connectivity index (χ0v) is 15.6. The standard InChI is InChI=1S/C23H15F2N3O2/c24-15-4-5-18(20(25)10-15)22(29)19-11-26-21-17(19)6-8-28(23(21)30)13-14-9-16-3-1-2-7-27(16)12-14/h1-12,26H,13H2. The van der Waals surface area contributed by atoms with Crippen LogP contribution in [0, 0.1) is 11.6 Å². The number of ketones is 1. The second-order valence-corrected chi connectivity index (χ2v) is 7.07. The second kappa shape index (κ2) is 6.81. The van der Waals surface area contributed by atoms with E-state index in [4.69, 9.17) is 0 Å². The van der Waals surface area contributed by atoms with E-state index in [9.17, 15) is 18.4 Å². The zero-order valence-electron chi connectivity index (χ0n) is 15.6. The number of pyridine rings is 2. The van der Waals surface area contributed by atoms with E-state index in [1.165, 1.54) is 6.20 Å². The molecule has 5 aromatic rings. The molecular formula is C23H15F2N3O2. The van der Waals surface area contributed by atoms with Gasteiger partial charge in [-0.3, -0.25) is 9.59 Å². The fourth-order valence-corrected chi connectivity index (χ4v) is 3.69. The summed E-state index contributed by atoms with van der Waals surface area (Å²) in [6, 6.07) is 12.3. The first kappa shape index (κ1) is 18.1. The topological polar surface area (TPSA) is 59.3 Å². The average Bonchev–Trinajstić information content (AvgIpc) is 3.33. The van der Waals surface area contributed by atoms with Crippen molar-refractivity contribution >= 4 is 22.2 Å². The van der Waals surface area contributed by atoms with Gasteiger partial charge in [0.05, 0.1) is 12.1 Å². The Bertz CT molecular complexity index is 1460. The number of fused-ring (bicyclic) bond motifs is 2. The number of aromatic nitrogens is 3. The molecule has 0 unspecified atom stereocenters. The van der Waals surface area contributed by atoms with Crippen LogP contribution in [0.2, 0.25) is 0 Å². The summed E-state index contributed by atoms with van der Waals surface area (Å²) in [5.74, 6) is -2.32. The highest BCUT2D eigenvalue weighted by Crippen LogP contribution is 2.21. The van der Waals surface area contributed by atoms with Crippen molar-refractivity contribution in [3.05, 3.63) is 112 Å². The summed E-state index contributed by atoms with van der Waals surface area (Å²) in [5, 5.41) is 0.395. The van der Waals surface area contributed by atoms with Gasteiger partial charge >= 0.3 is 0 Å². The molecule has 5 rings (SSSR count). The van der Waals surface area contributed by atoms with Crippen molar-refractivity contribution in [2.45, 2.75) is 6.54 Å². The predicted molar refractivity (Wildman–Crippen MR) is 109 cm³/mol. The molecule has 1 aromatic carbocycles. The van der Waals surface area contributed by atoms with E-state index >= 15 is 0 Å². The second-order valence-electron chi connectivity index (χ2n) is 7.07. The monoisotopic (exact) mass is 403 g/mol. The average molecular weight is 403 g/mol. The molecule has 0 aliphatic heterocycles. The van der Waals surface area contributed by atoms with Gasteiger partial charge in [-0.05, 0) is 42.0 Å². The van der Waals surface area contributed by atoms with Crippen molar-refractivity contribution in [1.29, 1.82) is 0 Å². The quantitative estimate of drug-likeness (QED) is 0.459. The normalized spacial score (nSPS) is 11.4. The van der Waals surface area contributed by atoms with Gasteiger partial charge < -0.3 is 14.0 Å². The van der Waals surface area contributed by atoms with Gasteiger partial charge in [-0.2, -0.15) is 0 Å². The van der Waals surface area contributed by atoms with Crippen LogP contribution in [0.3, 0.4) is 0 Å². The van der Waals surface area contributed by atoms with Gasteiger partial charge in [0.1, 0.15) is 17.2 Å². The number of hydrogen-bond acceptors (Lipinski definition) is 2. The minimum Gasteiger partial charge on any atom is -0.356 e. The van der Waals surface area contributed by atoms with Crippen LogP contribution in [0.15, 0.2) is 78.1 Å². The number of benzene rings is 1. The maximum atomic E-state index is 14.0. The van der Waals surface area contributed by atoms with Crippen LogP contribution in [0.5, 0.6) is 0 Å². The summed E-state index contributed by atoms with van der Waals surface area (Å²) in [7, 11) is 0. The Balaban J connectivity index is 1.53. The lowest BCUT2D eigenvalue weighted by Crippen LogP contribution is -2.20. The van der Waals surface area contributed by atoms with Crippen molar-refractivity contribution in [3.63, 3.8) is 0 Å². The number of rotatable bonds is 4. The van der Waals surface area contributed by atoms with Gasteiger partial charge in [-0.25, -0.2) is 8.78 Å². The molecule has 0 fully saturated rings. The largest absolute Gasteiger partial charge is 0.356 e. The van der Waals surface area contributed by atoms with Crippen molar-refractivity contribution in [2.24, 2.45) is 0 Å². The summed E-state index contributed by atoms with van der Waals surface area (Å²) in [5.41, 5.74) is 1.86. The molecule has 0 aliphatic carbocycles. The molecule has 4 aromatic heterocycles. The minimum atomic E-state index is -0.941. The third-order valence-electron chi connectivity index (χ3n) is 5.15. The lowest BCUT2D eigenvalue weighted by atomic mass is 10.0. The molecule has 0 saturated heterocycles. The Hall–Kier alpha value is -4.00. The molecule has 0 aliphatic rings. The molecule has 7 heteroatoms. The number of carbonyl (C=O) groups excluding carboxylic acids is 1. The van der Waals surface area contributed by atoms with Crippen LogP contribution in [0.1, 0.15) is 21.5 Å². The van der Waals surface area contributed by atoms with E-state index in [1.807, 2.05) is 41.1 Å². The van der Waals surface area contributed by atoms with Gasteiger partial charge in [-0.1, -0.05) is 6.07 Å². The molecule has 4 heterocycles. The Labute approximate surface area is 168 Å². The molecule has 0 atom stereocenters. The highest BCUT2D eigenvalue weighted by Gasteiger charge is 2.20. The van der Waals surface area contributed by atoms with E-state index in [2.05, 4.69) is 4.98 Å². The molecule has 0 amide bonds. The molecule has 30 heavy (non-hydrogen) atoms. The summed E-state index contributed by atoms with van der Waals surface area (Å²) < 4.78 is 30.7. The van der Waals surface area contributed by atoms with Gasteiger partial charge in [0, 0.05) is 47.3 Å². The maximum absolute atomic E-state index is 14.0. The first-order valence-electron chi connectivity index (χ1n) is 9.27. The number of H-pyrrole nitrogens is 1. The number of aromatic amines is 1. The number of carbonyl (C=O) groups is 1. The number of nitrogens with zero attached hydrogens (tertiary/aromatic N) is 2. The SMILES string of the molecule is O=C(c1ccc(F)cc1F)c1c[nH]c2c(=O)n(Cc3cc4ccccn4c3)ccc12. The fourth-order valence-electron chi connectivity index (χ4n) is 3.69. The number of nitrogens with one attached hydrogen (secondary N) is 1. The van der Waals surface area contributed by atoms with Crippen LogP contribution < -0.4 is 5.56 Å². The molecule has 5 nitrogen and oxygen atoms in total. The summed E-state index contributed by atoms with van der Waals surface area (Å²) in [6.07, 6.45) is 6.88. The van der Waals surface area contributed by atoms with Gasteiger partial charge in [0.2, 0.25) is 0 Å². The first-order valence-corrected chi connectivity index (χ1v) is 9.27. The lowest BCUT2D eigenvalue weighted by molar-refractivity contribution is 0.103. The minimum absolute atomic E-state index is 0.161. The third kappa shape index (κ3) is 2.91. The smallest absolute Gasteiger partial charge is 0.275 e. The van der Waals surface area contributed by atoms with Crippen molar-refractivity contribution < 1.29 is 13.6 Å². The molecule has 0 bridgehead atoms.